The zero-order chi connectivity index (χ0) is 18.2. The standard InChI is InChI=1S/C18H16F2N2O3/c1-2-25-18(11-3-5-12(19)6-4-11)14-9-13(20)7-8-15(14)22(17(18)24)10-16(21)23/h3-9H,2,10H2,1H3,(H2,21,23)/t18-/m0/s1. The number of hydrogen-bond acceptors (Lipinski definition) is 3. The number of amides is 2. The number of halogens is 2. The number of anilines is 1. The maximum absolute atomic E-state index is 13.9. The van der Waals surface area contributed by atoms with Crippen LogP contribution in [0.4, 0.5) is 14.5 Å². The van der Waals surface area contributed by atoms with Crippen molar-refractivity contribution in [1.82, 2.24) is 0 Å². The summed E-state index contributed by atoms with van der Waals surface area (Å²) in [6.45, 7) is 1.46. The number of nitrogens with two attached hydrogens (primary N) is 1. The van der Waals surface area contributed by atoms with Crippen molar-refractivity contribution < 1.29 is 23.1 Å². The molecule has 2 N–H and O–H groups in total. The van der Waals surface area contributed by atoms with Gasteiger partial charge in [-0.05, 0) is 42.8 Å². The molecular formula is C18H16F2N2O3. The van der Waals surface area contributed by atoms with Crippen molar-refractivity contribution in [2.45, 2.75) is 12.5 Å². The second kappa shape index (κ2) is 6.25. The number of ether oxygens (including phenoxy) is 1. The minimum Gasteiger partial charge on any atom is -0.368 e. The van der Waals surface area contributed by atoms with Crippen LogP contribution in [-0.2, 0) is 19.9 Å². The Morgan fingerprint density at radius 2 is 1.80 bits per heavy atom. The van der Waals surface area contributed by atoms with Crippen LogP contribution in [0.15, 0.2) is 42.5 Å². The Morgan fingerprint density at radius 3 is 2.40 bits per heavy atom. The molecule has 0 spiro atoms. The van der Waals surface area contributed by atoms with Crippen LogP contribution in [0.5, 0.6) is 0 Å². The summed E-state index contributed by atoms with van der Waals surface area (Å²) in [6, 6.07) is 8.98. The van der Waals surface area contributed by atoms with Crippen molar-refractivity contribution in [1.29, 1.82) is 0 Å². The lowest BCUT2D eigenvalue weighted by molar-refractivity contribution is -0.138. The first-order chi connectivity index (χ1) is 11.9. The van der Waals surface area contributed by atoms with Gasteiger partial charge in [-0.25, -0.2) is 8.78 Å². The largest absolute Gasteiger partial charge is 0.368 e. The second-order valence-electron chi connectivity index (χ2n) is 5.64. The summed E-state index contributed by atoms with van der Waals surface area (Å²) < 4.78 is 33.0. The lowest BCUT2D eigenvalue weighted by Gasteiger charge is -2.29. The van der Waals surface area contributed by atoms with Gasteiger partial charge in [0.2, 0.25) is 5.91 Å². The molecule has 0 fully saturated rings. The molecule has 25 heavy (non-hydrogen) atoms. The molecule has 0 saturated carbocycles. The molecule has 1 aliphatic heterocycles. The average molecular weight is 346 g/mol. The van der Waals surface area contributed by atoms with Gasteiger partial charge in [-0.15, -0.1) is 0 Å². The lowest BCUT2D eigenvalue weighted by atomic mass is 9.87. The molecule has 5 nitrogen and oxygen atoms in total. The Balaban J connectivity index is 2.27. The first kappa shape index (κ1) is 17.0. The van der Waals surface area contributed by atoms with Crippen LogP contribution in [0.25, 0.3) is 0 Å². The van der Waals surface area contributed by atoms with E-state index in [1.54, 1.807) is 6.92 Å². The normalized spacial score (nSPS) is 19.2. The number of carbonyl (C=O) groups is 2. The van der Waals surface area contributed by atoms with Crippen molar-refractivity contribution in [3.8, 4) is 0 Å². The van der Waals surface area contributed by atoms with Crippen molar-refractivity contribution in [2.24, 2.45) is 5.73 Å². The number of rotatable bonds is 5. The molecule has 1 aliphatic rings. The second-order valence-corrected chi connectivity index (χ2v) is 5.64. The number of carbonyl (C=O) groups excluding carboxylic acids is 2. The zero-order valence-corrected chi connectivity index (χ0v) is 13.5. The molecule has 0 saturated heterocycles. The van der Waals surface area contributed by atoms with Crippen LogP contribution in [0, 0.1) is 11.6 Å². The van der Waals surface area contributed by atoms with Crippen LogP contribution in [0.1, 0.15) is 18.1 Å². The summed E-state index contributed by atoms with van der Waals surface area (Å²) in [5, 5.41) is 0. The summed E-state index contributed by atoms with van der Waals surface area (Å²) in [4.78, 5) is 25.7. The first-order valence-electron chi connectivity index (χ1n) is 7.70. The highest BCUT2D eigenvalue weighted by atomic mass is 19.1. The van der Waals surface area contributed by atoms with Crippen LogP contribution < -0.4 is 10.6 Å². The molecule has 130 valence electrons. The topological polar surface area (TPSA) is 72.6 Å². The number of hydrogen-bond donors (Lipinski definition) is 1. The molecule has 0 aromatic heterocycles. The molecule has 3 rings (SSSR count). The van der Waals surface area contributed by atoms with E-state index in [9.17, 15) is 18.4 Å². The summed E-state index contributed by atoms with van der Waals surface area (Å²) >= 11 is 0. The molecule has 1 atom stereocenters. The smallest absolute Gasteiger partial charge is 0.269 e. The van der Waals surface area contributed by atoms with E-state index in [0.717, 1.165) is 4.90 Å². The van der Waals surface area contributed by atoms with E-state index < -0.39 is 29.0 Å². The minimum absolute atomic E-state index is 0.142. The lowest BCUT2D eigenvalue weighted by Crippen LogP contribution is -2.46. The van der Waals surface area contributed by atoms with Crippen LogP contribution in [0.3, 0.4) is 0 Å². The van der Waals surface area contributed by atoms with E-state index in [-0.39, 0.29) is 18.7 Å². The quantitative estimate of drug-likeness (QED) is 0.901. The third kappa shape index (κ3) is 2.66. The Morgan fingerprint density at radius 1 is 1.16 bits per heavy atom. The molecule has 1 heterocycles. The third-order valence-electron chi connectivity index (χ3n) is 4.10. The Hall–Kier alpha value is -2.80. The Kier molecular flexibility index (Phi) is 4.26. The minimum atomic E-state index is -1.66. The van der Waals surface area contributed by atoms with Gasteiger partial charge in [0, 0.05) is 12.2 Å². The van der Waals surface area contributed by atoms with Gasteiger partial charge in [0.15, 0.2) is 5.60 Å². The summed E-state index contributed by atoms with van der Waals surface area (Å²) in [7, 11) is 0. The SMILES string of the molecule is CCO[C@]1(c2ccc(F)cc2)C(=O)N(CC(N)=O)c2ccc(F)cc21. The fraction of sp³-hybridized carbons (Fsp3) is 0.222. The molecule has 2 aromatic rings. The third-order valence-corrected chi connectivity index (χ3v) is 4.10. The van der Waals surface area contributed by atoms with Crippen LogP contribution in [-0.4, -0.2) is 25.0 Å². The molecule has 2 aromatic carbocycles. The highest BCUT2D eigenvalue weighted by Gasteiger charge is 2.53. The fourth-order valence-corrected chi connectivity index (χ4v) is 3.16. The van der Waals surface area contributed by atoms with Gasteiger partial charge in [0.25, 0.3) is 5.91 Å². The van der Waals surface area contributed by atoms with E-state index >= 15 is 0 Å². The van der Waals surface area contributed by atoms with Gasteiger partial charge >= 0.3 is 0 Å². The molecule has 0 bridgehead atoms. The van der Waals surface area contributed by atoms with Gasteiger partial charge in [-0.2, -0.15) is 0 Å². The van der Waals surface area contributed by atoms with E-state index in [1.807, 2.05) is 0 Å². The average Bonchev–Trinajstić information content (AvgIpc) is 2.78. The molecule has 2 amide bonds. The maximum atomic E-state index is 13.9. The highest BCUT2D eigenvalue weighted by Crippen LogP contribution is 2.47. The monoisotopic (exact) mass is 346 g/mol. The predicted octanol–water partition coefficient (Wildman–Crippen LogP) is 2.08. The number of benzene rings is 2. The summed E-state index contributed by atoms with van der Waals surface area (Å²) in [6.07, 6.45) is 0. The Labute approximate surface area is 143 Å². The van der Waals surface area contributed by atoms with Crippen LogP contribution in [0.2, 0.25) is 0 Å². The van der Waals surface area contributed by atoms with E-state index in [2.05, 4.69) is 0 Å². The van der Waals surface area contributed by atoms with Crippen molar-refractivity contribution in [3.05, 3.63) is 65.2 Å². The molecule has 0 unspecified atom stereocenters. The summed E-state index contributed by atoms with van der Waals surface area (Å²) in [5.74, 6) is -2.32. The predicted molar refractivity (Wildman–Crippen MR) is 86.8 cm³/mol. The van der Waals surface area contributed by atoms with Crippen molar-refractivity contribution in [2.75, 3.05) is 18.1 Å². The zero-order valence-electron chi connectivity index (χ0n) is 13.5. The molecule has 7 heteroatoms. The van der Waals surface area contributed by atoms with Gasteiger partial charge in [-0.1, -0.05) is 12.1 Å². The van der Waals surface area contributed by atoms with Gasteiger partial charge in [0.05, 0.1) is 5.69 Å². The molecule has 0 aliphatic carbocycles. The Bertz CT molecular complexity index is 839. The fourth-order valence-electron chi connectivity index (χ4n) is 3.16. The first-order valence-corrected chi connectivity index (χ1v) is 7.70. The molecule has 0 radical (unpaired) electrons. The highest BCUT2D eigenvalue weighted by molar-refractivity contribution is 6.11. The van der Waals surface area contributed by atoms with Gasteiger partial charge < -0.3 is 10.5 Å². The van der Waals surface area contributed by atoms with E-state index in [1.165, 1.54) is 42.5 Å². The van der Waals surface area contributed by atoms with Crippen LogP contribution >= 0.6 is 0 Å². The van der Waals surface area contributed by atoms with Gasteiger partial charge in [0.1, 0.15) is 18.2 Å². The molecular weight excluding hydrogens is 330 g/mol. The number of fused-ring (bicyclic) bond motifs is 1. The van der Waals surface area contributed by atoms with E-state index in [4.69, 9.17) is 10.5 Å². The number of primary amides is 1. The number of nitrogens with zero attached hydrogens (tertiary/aromatic N) is 1. The van der Waals surface area contributed by atoms with Crippen molar-refractivity contribution >= 4 is 17.5 Å². The maximum Gasteiger partial charge on any atom is 0.269 e. The van der Waals surface area contributed by atoms with E-state index in [0.29, 0.717) is 11.3 Å². The van der Waals surface area contributed by atoms with Gasteiger partial charge in [-0.3, -0.25) is 14.5 Å². The van der Waals surface area contributed by atoms with Crippen molar-refractivity contribution in [3.63, 3.8) is 0 Å². The summed E-state index contributed by atoms with van der Waals surface area (Å²) in [5.41, 5.74) is 4.53.